The molecule has 1 heterocycles. The van der Waals surface area contributed by atoms with Crippen molar-refractivity contribution in [2.75, 3.05) is 7.11 Å². The van der Waals surface area contributed by atoms with Gasteiger partial charge in [0.15, 0.2) is 0 Å². The molecule has 0 aliphatic heterocycles. The van der Waals surface area contributed by atoms with Gasteiger partial charge in [0.2, 0.25) is 0 Å². The maximum atomic E-state index is 5.68. The topological polar surface area (TPSA) is 48.1 Å². The maximum absolute atomic E-state index is 5.68. The maximum Gasteiger partial charge on any atom is 0.103 e. The predicted molar refractivity (Wildman–Crippen MR) is 71.8 cm³/mol. The lowest BCUT2D eigenvalue weighted by molar-refractivity contribution is 0.181. The molecule has 16 heavy (non-hydrogen) atoms. The fourth-order valence-corrected chi connectivity index (χ4v) is 2.97. The van der Waals surface area contributed by atoms with Gasteiger partial charge in [-0.05, 0) is 0 Å². The molecule has 0 radical (unpaired) electrons. The number of aromatic nitrogens is 1. The van der Waals surface area contributed by atoms with Crippen LogP contribution in [0.2, 0.25) is 0 Å². The van der Waals surface area contributed by atoms with E-state index in [-0.39, 0.29) is 4.75 Å². The van der Waals surface area contributed by atoms with Crippen LogP contribution in [0.3, 0.4) is 0 Å². The van der Waals surface area contributed by atoms with E-state index in [1.165, 1.54) is 0 Å². The third-order valence-electron chi connectivity index (χ3n) is 1.92. The predicted octanol–water partition coefficient (Wildman–Crippen LogP) is 2.78. The van der Waals surface area contributed by atoms with Crippen LogP contribution in [0.5, 0.6) is 0 Å². The molecular formula is C11H20N2OS2. The summed E-state index contributed by atoms with van der Waals surface area (Å²) in [5.74, 6) is 0.949. The molecule has 0 aliphatic carbocycles. The SMILES string of the molecule is COCc1nc(CSC(C)(C)C)sc1CN. The smallest absolute Gasteiger partial charge is 0.103 e. The molecule has 5 heteroatoms. The summed E-state index contributed by atoms with van der Waals surface area (Å²) in [4.78, 5) is 5.71. The summed E-state index contributed by atoms with van der Waals surface area (Å²) in [7, 11) is 1.68. The molecule has 0 fully saturated rings. The highest BCUT2D eigenvalue weighted by molar-refractivity contribution is 7.99. The lowest BCUT2D eigenvalue weighted by Gasteiger charge is -2.16. The van der Waals surface area contributed by atoms with Crippen LogP contribution in [0.4, 0.5) is 0 Å². The number of rotatable bonds is 5. The highest BCUT2D eigenvalue weighted by Gasteiger charge is 2.14. The van der Waals surface area contributed by atoms with Crippen LogP contribution in [0.15, 0.2) is 0 Å². The fraction of sp³-hybridized carbons (Fsp3) is 0.727. The Morgan fingerprint density at radius 3 is 2.62 bits per heavy atom. The van der Waals surface area contributed by atoms with E-state index in [1.54, 1.807) is 18.4 Å². The highest BCUT2D eigenvalue weighted by Crippen LogP contribution is 2.30. The minimum absolute atomic E-state index is 0.274. The van der Waals surface area contributed by atoms with Crippen molar-refractivity contribution in [3.63, 3.8) is 0 Å². The number of ether oxygens (including phenoxy) is 1. The summed E-state index contributed by atoms with van der Waals surface area (Å²) < 4.78 is 5.38. The molecule has 1 aromatic rings. The molecule has 1 rings (SSSR count). The second-order valence-corrected chi connectivity index (χ2v) is 7.49. The Hall–Kier alpha value is -0.100. The van der Waals surface area contributed by atoms with Gasteiger partial charge in [0, 0.05) is 29.0 Å². The lowest BCUT2D eigenvalue weighted by atomic mass is 10.3. The number of thiazole rings is 1. The second-order valence-electron chi connectivity index (χ2n) is 4.52. The molecule has 1 aromatic heterocycles. The standard InChI is InChI=1S/C11H20N2OS2/c1-11(2,3)15-7-10-13-8(6-14-4)9(5-12)16-10/h5-7,12H2,1-4H3. The van der Waals surface area contributed by atoms with Gasteiger partial charge in [-0.25, -0.2) is 4.98 Å². The van der Waals surface area contributed by atoms with Gasteiger partial charge in [-0.1, -0.05) is 20.8 Å². The van der Waals surface area contributed by atoms with Crippen molar-refractivity contribution in [3.8, 4) is 0 Å². The van der Waals surface area contributed by atoms with E-state index in [1.807, 2.05) is 11.8 Å². The van der Waals surface area contributed by atoms with Crippen LogP contribution >= 0.6 is 23.1 Å². The summed E-state index contributed by atoms with van der Waals surface area (Å²) in [6, 6.07) is 0. The quantitative estimate of drug-likeness (QED) is 0.884. The van der Waals surface area contributed by atoms with Crippen molar-refractivity contribution < 1.29 is 4.74 Å². The molecule has 3 nitrogen and oxygen atoms in total. The number of methoxy groups -OCH3 is 1. The minimum Gasteiger partial charge on any atom is -0.378 e. The summed E-state index contributed by atoms with van der Waals surface area (Å²) in [6.07, 6.45) is 0. The van der Waals surface area contributed by atoms with E-state index < -0.39 is 0 Å². The summed E-state index contributed by atoms with van der Waals surface area (Å²) >= 11 is 3.61. The van der Waals surface area contributed by atoms with E-state index in [0.717, 1.165) is 21.3 Å². The first-order chi connectivity index (χ1) is 7.46. The van der Waals surface area contributed by atoms with Crippen molar-refractivity contribution in [2.45, 2.75) is 44.4 Å². The van der Waals surface area contributed by atoms with E-state index in [0.29, 0.717) is 13.2 Å². The first kappa shape index (κ1) is 14.0. The zero-order valence-corrected chi connectivity index (χ0v) is 12.0. The minimum atomic E-state index is 0.274. The molecule has 0 unspecified atom stereocenters. The fourth-order valence-electron chi connectivity index (χ4n) is 1.19. The Morgan fingerprint density at radius 2 is 2.12 bits per heavy atom. The monoisotopic (exact) mass is 260 g/mol. The molecule has 0 bridgehead atoms. The number of nitrogens with zero attached hydrogens (tertiary/aromatic N) is 1. The molecule has 92 valence electrons. The number of thioether (sulfide) groups is 1. The third-order valence-corrected chi connectivity index (χ3v) is 4.50. The molecule has 0 aliphatic rings. The zero-order valence-electron chi connectivity index (χ0n) is 10.4. The normalized spacial score (nSPS) is 12.1. The Kier molecular flexibility index (Phi) is 5.24. The summed E-state index contributed by atoms with van der Waals surface area (Å²) in [6.45, 7) is 7.75. The van der Waals surface area contributed by atoms with Crippen LogP contribution in [0.25, 0.3) is 0 Å². The van der Waals surface area contributed by atoms with Crippen LogP contribution in [0.1, 0.15) is 36.3 Å². The van der Waals surface area contributed by atoms with Gasteiger partial charge in [-0.3, -0.25) is 0 Å². The van der Waals surface area contributed by atoms with Gasteiger partial charge in [-0.15, -0.1) is 23.1 Å². The summed E-state index contributed by atoms with van der Waals surface area (Å²) in [5, 5.41) is 1.15. The van der Waals surface area contributed by atoms with Gasteiger partial charge in [-0.2, -0.15) is 0 Å². The van der Waals surface area contributed by atoms with E-state index >= 15 is 0 Å². The molecule has 0 saturated heterocycles. The van der Waals surface area contributed by atoms with Crippen molar-refractivity contribution in [3.05, 3.63) is 15.6 Å². The van der Waals surface area contributed by atoms with E-state index in [9.17, 15) is 0 Å². The second kappa shape index (κ2) is 6.00. The van der Waals surface area contributed by atoms with Crippen LogP contribution in [0, 0.1) is 0 Å². The average Bonchev–Trinajstić information content (AvgIpc) is 2.57. The van der Waals surface area contributed by atoms with E-state index in [2.05, 4.69) is 25.8 Å². The Morgan fingerprint density at radius 1 is 1.44 bits per heavy atom. The van der Waals surface area contributed by atoms with Crippen LogP contribution in [-0.2, 0) is 23.6 Å². The van der Waals surface area contributed by atoms with Crippen molar-refractivity contribution >= 4 is 23.1 Å². The van der Waals surface area contributed by atoms with Crippen molar-refractivity contribution in [1.29, 1.82) is 0 Å². The first-order valence-electron chi connectivity index (χ1n) is 5.26. The van der Waals surface area contributed by atoms with Crippen LogP contribution in [-0.4, -0.2) is 16.8 Å². The van der Waals surface area contributed by atoms with Gasteiger partial charge < -0.3 is 10.5 Å². The number of nitrogens with two attached hydrogens (primary N) is 1. The van der Waals surface area contributed by atoms with E-state index in [4.69, 9.17) is 10.5 Å². The Labute approximate surface area is 106 Å². The number of hydrogen-bond donors (Lipinski definition) is 1. The molecule has 2 N–H and O–H groups in total. The molecule has 0 saturated carbocycles. The van der Waals surface area contributed by atoms with Crippen molar-refractivity contribution in [2.24, 2.45) is 5.73 Å². The molecule has 0 aromatic carbocycles. The molecular weight excluding hydrogens is 240 g/mol. The number of hydrogen-bond acceptors (Lipinski definition) is 5. The zero-order chi connectivity index (χ0) is 12.2. The lowest BCUT2D eigenvalue weighted by Crippen LogP contribution is -2.07. The van der Waals surface area contributed by atoms with Crippen molar-refractivity contribution in [1.82, 2.24) is 4.98 Å². The highest BCUT2D eigenvalue weighted by atomic mass is 32.2. The van der Waals surface area contributed by atoms with Gasteiger partial charge in [0.05, 0.1) is 12.3 Å². The summed E-state index contributed by atoms with van der Waals surface area (Å²) in [5.41, 5.74) is 6.68. The van der Waals surface area contributed by atoms with Gasteiger partial charge in [0.25, 0.3) is 0 Å². The van der Waals surface area contributed by atoms with Gasteiger partial charge >= 0.3 is 0 Å². The van der Waals surface area contributed by atoms with Gasteiger partial charge in [0.1, 0.15) is 5.01 Å². The third kappa shape index (κ3) is 4.41. The molecule has 0 atom stereocenters. The Balaban J connectivity index is 2.67. The van der Waals surface area contributed by atoms with Crippen LogP contribution < -0.4 is 5.73 Å². The molecule has 0 spiro atoms. The first-order valence-corrected chi connectivity index (χ1v) is 7.07. The average molecular weight is 260 g/mol. The molecule has 0 amide bonds. The Bertz CT molecular complexity index is 331. The largest absolute Gasteiger partial charge is 0.378 e.